The number of hydrogen-bond acceptors (Lipinski definition) is 1. The van der Waals surface area contributed by atoms with Crippen LogP contribution < -0.4 is 0 Å². The standard InChI is InChI=1S/C19H27F3O2/c1-15(18(23)24)17-13-9-8-12-16(17)11-7-5-3-2-4-6-10-14-19(20,21)22/h8-9,12-13,15H,2-7,10-11,14H2,1H3,(H,23,24). The molecule has 0 spiro atoms. The molecule has 24 heavy (non-hydrogen) atoms. The van der Waals surface area contributed by atoms with E-state index in [2.05, 4.69) is 0 Å². The molecule has 0 bridgehead atoms. The molecule has 0 saturated heterocycles. The molecule has 136 valence electrons. The van der Waals surface area contributed by atoms with Gasteiger partial charge in [0.1, 0.15) is 0 Å². The molecule has 0 heterocycles. The van der Waals surface area contributed by atoms with Gasteiger partial charge in [-0.15, -0.1) is 0 Å². The summed E-state index contributed by atoms with van der Waals surface area (Å²) < 4.78 is 36.0. The van der Waals surface area contributed by atoms with Crippen molar-refractivity contribution in [2.45, 2.75) is 76.8 Å². The Labute approximate surface area is 142 Å². The number of carboxylic acids is 1. The largest absolute Gasteiger partial charge is 0.481 e. The predicted molar refractivity (Wildman–Crippen MR) is 89.2 cm³/mol. The average Bonchev–Trinajstić information content (AvgIpc) is 2.51. The van der Waals surface area contributed by atoms with Crippen molar-refractivity contribution in [3.8, 4) is 0 Å². The summed E-state index contributed by atoms with van der Waals surface area (Å²) in [4.78, 5) is 11.1. The maximum Gasteiger partial charge on any atom is 0.389 e. The molecular weight excluding hydrogens is 317 g/mol. The zero-order valence-electron chi connectivity index (χ0n) is 14.2. The Balaban J connectivity index is 2.19. The highest BCUT2D eigenvalue weighted by Crippen LogP contribution is 2.24. The second kappa shape index (κ2) is 10.4. The van der Waals surface area contributed by atoms with Crippen LogP contribution in [0.25, 0.3) is 0 Å². The van der Waals surface area contributed by atoms with Crippen LogP contribution in [-0.2, 0) is 11.2 Å². The van der Waals surface area contributed by atoms with Gasteiger partial charge in [0.05, 0.1) is 5.92 Å². The molecule has 0 saturated carbocycles. The second-order valence-corrected chi connectivity index (χ2v) is 6.35. The first-order chi connectivity index (χ1) is 11.3. The number of benzene rings is 1. The lowest BCUT2D eigenvalue weighted by molar-refractivity contribution is -0.138. The van der Waals surface area contributed by atoms with Crippen LogP contribution in [0, 0.1) is 0 Å². The maximum atomic E-state index is 12.0. The zero-order chi connectivity index (χ0) is 18.0. The minimum absolute atomic E-state index is 0.226. The van der Waals surface area contributed by atoms with E-state index >= 15 is 0 Å². The summed E-state index contributed by atoms with van der Waals surface area (Å²) in [5.74, 6) is -1.32. The second-order valence-electron chi connectivity index (χ2n) is 6.35. The van der Waals surface area contributed by atoms with Crippen LogP contribution in [-0.4, -0.2) is 17.3 Å². The lowest BCUT2D eigenvalue weighted by atomic mass is 9.92. The fourth-order valence-corrected chi connectivity index (χ4v) is 2.84. The lowest BCUT2D eigenvalue weighted by Crippen LogP contribution is -2.10. The molecule has 1 unspecified atom stereocenters. The summed E-state index contributed by atoms with van der Waals surface area (Å²) in [6.45, 7) is 1.70. The van der Waals surface area contributed by atoms with E-state index in [1.165, 1.54) is 0 Å². The molecule has 2 nitrogen and oxygen atoms in total. The monoisotopic (exact) mass is 344 g/mol. The summed E-state index contributed by atoms with van der Waals surface area (Å²) in [7, 11) is 0. The maximum absolute atomic E-state index is 12.0. The topological polar surface area (TPSA) is 37.3 Å². The number of hydrogen-bond donors (Lipinski definition) is 1. The molecule has 0 radical (unpaired) electrons. The van der Waals surface area contributed by atoms with Gasteiger partial charge in [-0.05, 0) is 37.3 Å². The van der Waals surface area contributed by atoms with E-state index < -0.39 is 24.5 Å². The first-order valence-electron chi connectivity index (χ1n) is 8.68. The van der Waals surface area contributed by atoms with Gasteiger partial charge in [-0.2, -0.15) is 13.2 Å². The fourth-order valence-electron chi connectivity index (χ4n) is 2.84. The molecule has 0 aliphatic heterocycles. The smallest absolute Gasteiger partial charge is 0.389 e. The zero-order valence-corrected chi connectivity index (χ0v) is 14.2. The molecule has 0 aliphatic rings. The van der Waals surface area contributed by atoms with E-state index in [-0.39, 0.29) is 6.42 Å². The molecule has 1 atom stereocenters. The van der Waals surface area contributed by atoms with E-state index in [4.69, 9.17) is 5.11 Å². The third kappa shape index (κ3) is 8.37. The van der Waals surface area contributed by atoms with Crippen LogP contribution in [0.5, 0.6) is 0 Å². The van der Waals surface area contributed by atoms with Crippen molar-refractivity contribution in [1.29, 1.82) is 0 Å². The van der Waals surface area contributed by atoms with Gasteiger partial charge in [0.25, 0.3) is 0 Å². The number of unbranched alkanes of at least 4 members (excludes halogenated alkanes) is 6. The highest BCUT2D eigenvalue weighted by molar-refractivity contribution is 5.76. The minimum atomic E-state index is -4.03. The molecule has 1 aromatic carbocycles. The van der Waals surface area contributed by atoms with Crippen molar-refractivity contribution in [3.05, 3.63) is 35.4 Å². The van der Waals surface area contributed by atoms with E-state index in [9.17, 15) is 18.0 Å². The molecule has 0 aliphatic carbocycles. The average molecular weight is 344 g/mol. The Hall–Kier alpha value is -1.52. The molecule has 1 rings (SSSR count). The normalized spacial score (nSPS) is 13.0. The summed E-state index contributed by atoms with van der Waals surface area (Å²) in [5.41, 5.74) is 1.95. The van der Waals surface area contributed by atoms with Crippen molar-refractivity contribution in [2.75, 3.05) is 0 Å². The Morgan fingerprint density at radius 3 is 2.12 bits per heavy atom. The number of halogens is 3. The third-order valence-corrected chi connectivity index (χ3v) is 4.30. The SMILES string of the molecule is CC(C(=O)O)c1ccccc1CCCCCCCCCC(F)(F)F. The highest BCUT2D eigenvalue weighted by atomic mass is 19.4. The van der Waals surface area contributed by atoms with E-state index in [0.29, 0.717) is 6.42 Å². The first kappa shape index (κ1) is 20.5. The van der Waals surface area contributed by atoms with E-state index in [1.807, 2.05) is 24.3 Å². The summed E-state index contributed by atoms with van der Waals surface area (Å²) in [6.07, 6.45) is 1.84. The van der Waals surface area contributed by atoms with Gasteiger partial charge in [-0.1, -0.05) is 56.4 Å². The van der Waals surface area contributed by atoms with Gasteiger partial charge in [0.15, 0.2) is 0 Å². The summed E-state index contributed by atoms with van der Waals surface area (Å²) >= 11 is 0. The number of aliphatic carboxylic acids is 1. The molecule has 0 fully saturated rings. The van der Waals surface area contributed by atoms with Crippen LogP contribution in [0.3, 0.4) is 0 Å². The van der Waals surface area contributed by atoms with Gasteiger partial charge >= 0.3 is 12.1 Å². The van der Waals surface area contributed by atoms with Crippen LogP contribution in [0.4, 0.5) is 13.2 Å². The molecule has 1 N–H and O–H groups in total. The van der Waals surface area contributed by atoms with Crippen molar-refractivity contribution < 1.29 is 23.1 Å². The van der Waals surface area contributed by atoms with E-state index in [0.717, 1.165) is 49.7 Å². The fraction of sp³-hybridized carbons (Fsp3) is 0.632. The number of rotatable bonds is 11. The van der Waals surface area contributed by atoms with E-state index in [1.54, 1.807) is 6.92 Å². The van der Waals surface area contributed by atoms with Gasteiger partial charge in [0.2, 0.25) is 0 Å². The van der Waals surface area contributed by atoms with Gasteiger partial charge in [-0.3, -0.25) is 4.79 Å². The molecule has 1 aromatic rings. The lowest BCUT2D eigenvalue weighted by Gasteiger charge is -2.13. The van der Waals surface area contributed by atoms with Gasteiger partial charge < -0.3 is 5.11 Å². The predicted octanol–water partition coefficient (Wildman–Crippen LogP) is 6.10. The van der Waals surface area contributed by atoms with Gasteiger partial charge in [-0.25, -0.2) is 0 Å². The van der Waals surface area contributed by atoms with Crippen LogP contribution >= 0.6 is 0 Å². The van der Waals surface area contributed by atoms with Crippen LogP contribution in [0.1, 0.15) is 75.3 Å². The molecular formula is C19H27F3O2. The third-order valence-electron chi connectivity index (χ3n) is 4.30. The van der Waals surface area contributed by atoms with Crippen molar-refractivity contribution in [1.82, 2.24) is 0 Å². The number of aryl methyl sites for hydroxylation is 1. The number of carbonyl (C=O) groups is 1. The van der Waals surface area contributed by atoms with Crippen molar-refractivity contribution in [2.24, 2.45) is 0 Å². The Morgan fingerprint density at radius 1 is 1.00 bits per heavy atom. The summed E-state index contributed by atoms with van der Waals surface area (Å²) in [5, 5.41) is 9.15. The van der Waals surface area contributed by atoms with Crippen LogP contribution in [0.15, 0.2) is 24.3 Å². The molecule has 5 heteroatoms. The minimum Gasteiger partial charge on any atom is -0.481 e. The molecule has 0 aromatic heterocycles. The van der Waals surface area contributed by atoms with Crippen molar-refractivity contribution in [3.63, 3.8) is 0 Å². The Morgan fingerprint density at radius 2 is 1.54 bits per heavy atom. The van der Waals surface area contributed by atoms with Crippen molar-refractivity contribution >= 4 is 5.97 Å². The number of carboxylic acid groups (broad SMARTS) is 1. The molecule has 0 amide bonds. The first-order valence-corrected chi connectivity index (χ1v) is 8.68. The highest BCUT2D eigenvalue weighted by Gasteiger charge is 2.25. The van der Waals surface area contributed by atoms with Crippen LogP contribution in [0.2, 0.25) is 0 Å². The summed E-state index contributed by atoms with van der Waals surface area (Å²) in [6, 6.07) is 7.63. The van der Waals surface area contributed by atoms with Gasteiger partial charge in [0, 0.05) is 6.42 Å². The Bertz CT molecular complexity index is 498. The number of alkyl halides is 3. The quantitative estimate of drug-likeness (QED) is 0.492. The Kier molecular flexibility index (Phi) is 8.87.